The van der Waals surface area contributed by atoms with Crippen LogP contribution in [0.3, 0.4) is 0 Å². The van der Waals surface area contributed by atoms with Crippen LogP contribution in [0, 0.1) is 0 Å². The molecule has 1 N–H and O–H groups in total. The minimum Gasteiger partial charge on any atom is -0.312 e. The molecule has 0 spiro atoms. The Balaban J connectivity index is 2.53. The van der Waals surface area contributed by atoms with Crippen molar-refractivity contribution in [3.8, 4) is 0 Å². The summed E-state index contributed by atoms with van der Waals surface area (Å²) in [6.07, 6.45) is 5.10. The van der Waals surface area contributed by atoms with Crippen molar-refractivity contribution >= 4 is 0 Å². The molecule has 0 aromatic carbocycles. The van der Waals surface area contributed by atoms with E-state index in [1.165, 1.54) is 51.9 Å². The highest BCUT2D eigenvalue weighted by atomic mass is 15.3. The van der Waals surface area contributed by atoms with Crippen molar-refractivity contribution in [1.82, 2.24) is 15.1 Å². The molecule has 0 bridgehead atoms. The Kier molecular flexibility index (Phi) is 7.87. The van der Waals surface area contributed by atoms with Crippen LogP contribution in [0.15, 0.2) is 0 Å². The molecule has 1 aliphatic rings. The largest absolute Gasteiger partial charge is 0.312 e. The molecule has 1 fully saturated rings. The van der Waals surface area contributed by atoms with Crippen molar-refractivity contribution in [2.45, 2.75) is 58.5 Å². The Morgan fingerprint density at radius 3 is 2.17 bits per heavy atom. The van der Waals surface area contributed by atoms with Crippen LogP contribution in [0.4, 0.5) is 0 Å². The Hall–Kier alpha value is -0.120. The zero-order valence-electron chi connectivity index (χ0n) is 12.9. The molecule has 2 atom stereocenters. The van der Waals surface area contributed by atoms with Gasteiger partial charge in [-0.3, -0.25) is 4.90 Å². The highest BCUT2D eigenvalue weighted by Gasteiger charge is 2.27. The minimum absolute atomic E-state index is 0.684. The van der Waals surface area contributed by atoms with Gasteiger partial charge in [0.2, 0.25) is 0 Å². The number of nitrogens with one attached hydrogen (secondary N) is 1. The van der Waals surface area contributed by atoms with Crippen LogP contribution in [0.2, 0.25) is 0 Å². The van der Waals surface area contributed by atoms with Crippen molar-refractivity contribution in [3.63, 3.8) is 0 Å². The molecule has 0 radical (unpaired) electrons. The highest BCUT2D eigenvalue weighted by molar-refractivity contribution is 4.86. The molecule has 1 aliphatic heterocycles. The van der Waals surface area contributed by atoms with Crippen molar-refractivity contribution in [1.29, 1.82) is 0 Å². The third-order valence-corrected chi connectivity index (χ3v) is 4.15. The number of rotatable bonds is 8. The zero-order valence-corrected chi connectivity index (χ0v) is 12.9. The van der Waals surface area contributed by atoms with E-state index < -0.39 is 0 Å². The van der Waals surface area contributed by atoms with Gasteiger partial charge in [0.15, 0.2) is 0 Å². The quantitative estimate of drug-likeness (QED) is 0.717. The van der Waals surface area contributed by atoms with Gasteiger partial charge in [-0.15, -0.1) is 0 Å². The molecule has 3 heteroatoms. The van der Waals surface area contributed by atoms with Crippen LogP contribution >= 0.6 is 0 Å². The fourth-order valence-corrected chi connectivity index (χ4v) is 3.02. The molecule has 108 valence electrons. The maximum Gasteiger partial charge on any atom is 0.0247 e. The molecule has 3 nitrogen and oxygen atoms in total. The molecule has 1 rings (SSSR count). The van der Waals surface area contributed by atoms with Crippen LogP contribution in [-0.4, -0.2) is 61.7 Å². The van der Waals surface area contributed by atoms with Gasteiger partial charge in [0, 0.05) is 38.3 Å². The molecule has 0 amide bonds. The van der Waals surface area contributed by atoms with Crippen molar-refractivity contribution in [2.24, 2.45) is 0 Å². The summed E-state index contributed by atoms with van der Waals surface area (Å²) in [5.74, 6) is 0. The monoisotopic (exact) mass is 255 g/mol. The molecule has 1 heterocycles. The first-order valence-electron chi connectivity index (χ1n) is 7.88. The lowest BCUT2D eigenvalue weighted by atomic mass is 9.98. The highest BCUT2D eigenvalue weighted by Crippen LogP contribution is 2.15. The lowest BCUT2D eigenvalue weighted by Crippen LogP contribution is -2.55. The first-order valence-corrected chi connectivity index (χ1v) is 7.88. The number of nitrogens with zero attached hydrogens (tertiary/aromatic N) is 2. The summed E-state index contributed by atoms with van der Waals surface area (Å²) in [7, 11) is 2.23. The van der Waals surface area contributed by atoms with Crippen LogP contribution in [0.1, 0.15) is 46.5 Å². The van der Waals surface area contributed by atoms with E-state index in [0.717, 1.165) is 12.6 Å². The smallest absolute Gasteiger partial charge is 0.0247 e. The van der Waals surface area contributed by atoms with Gasteiger partial charge in [-0.1, -0.05) is 27.2 Å². The summed E-state index contributed by atoms with van der Waals surface area (Å²) in [5.41, 5.74) is 0. The molecule has 0 aliphatic carbocycles. The average Bonchev–Trinajstić information content (AvgIpc) is 2.39. The van der Waals surface area contributed by atoms with Gasteiger partial charge in [-0.2, -0.15) is 0 Å². The number of hydrogen-bond acceptors (Lipinski definition) is 3. The summed E-state index contributed by atoms with van der Waals surface area (Å²) in [6, 6.07) is 1.41. The third-order valence-electron chi connectivity index (χ3n) is 4.15. The predicted molar refractivity (Wildman–Crippen MR) is 80.1 cm³/mol. The summed E-state index contributed by atoms with van der Waals surface area (Å²) < 4.78 is 0. The van der Waals surface area contributed by atoms with Crippen molar-refractivity contribution < 1.29 is 0 Å². The number of piperazine rings is 1. The Bertz CT molecular complexity index is 200. The van der Waals surface area contributed by atoms with Crippen molar-refractivity contribution in [3.05, 3.63) is 0 Å². The maximum absolute atomic E-state index is 3.77. The molecule has 2 unspecified atom stereocenters. The van der Waals surface area contributed by atoms with E-state index in [0.29, 0.717) is 6.04 Å². The van der Waals surface area contributed by atoms with E-state index >= 15 is 0 Å². The fourth-order valence-electron chi connectivity index (χ4n) is 3.02. The number of hydrogen-bond donors (Lipinski definition) is 1. The first-order chi connectivity index (χ1) is 8.72. The molecular weight excluding hydrogens is 222 g/mol. The van der Waals surface area contributed by atoms with Crippen LogP contribution < -0.4 is 5.32 Å². The van der Waals surface area contributed by atoms with Crippen LogP contribution in [-0.2, 0) is 0 Å². The normalized spacial score (nSPS) is 22.0. The summed E-state index contributed by atoms with van der Waals surface area (Å²) in [5, 5.41) is 3.77. The maximum atomic E-state index is 3.77. The Morgan fingerprint density at radius 1 is 1.00 bits per heavy atom. The third kappa shape index (κ3) is 4.87. The first kappa shape index (κ1) is 15.9. The van der Waals surface area contributed by atoms with E-state index in [2.05, 4.69) is 42.9 Å². The SMILES string of the molecule is CCCNC(CCC)C(CC)N1CCN(C)CC1. The number of likely N-dealkylation sites (N-methyl/N-ethyl adjacent to an activating group) is 1. The topological polar surface area (TPSA) is 18.5 Å². The van der Waals surface area contributed by atoms with Crippen LogP contribution in [0.25, 0.3) is 0 Å². The standard InChI is InChI=1S/C15H33N3/c1-5-8-14(16-9-6-2)15(7-3)18-12-10-17(4)11-13-18/h14-16H,5-13H2,1-4H3. The second-order valence-electron chi connectivity index (χ2n) is 5.66. The van der Waals surface area contributed by atoms with Crippen LogP contribution in [0.5, 0.6) is 0 Å². The Morgan fingerprint density at radius 2 is 1.67 bits per heavy atom. The fraction of sp³-hybridized carbons (Fsp3) is 1.00. The second-order valence-corrected chi connectivity index (χ2v) is 5.66. The minimum atomic E-state index is 0.684. The molecular formula is C15H33N3. The molecule has 1 saturated heterocycles. The van der Waals surface area contributed by atoms with Gasteiger partial charge >= 0.3 is 0 Å². The lowest BCUT2D eigenvalue weighted by molar-refractivity contribution is 0.0856. The van der Waals surface area contributed by atoms with Gasteiger partial charge in [0.05, 0.1) is 0 Å². The van der Waals surface area contributed by atoms with E-state index in [4.69, 9.17) is 0 Å². The molecule has 0 saturated carbocycles. The molecule has 0 aromatic rings. The predicted octanol–water partition coefficient (Wildman–Crippen LogP) is 2.18. The second kappa shape index (κ2) is 8.89. The van der Waals surface area contributed by atoms with Gasteiger partial charge in [0.1, 0.15) is 0 Å². The summed E-state index contributed by atoms with van der Waals surface area (Å²) in [4.78, 5) is 5.15. The van der Waals surface area contributed by atoms with E-state index in [-0.39, 0.29) is 0 Å². The van der Waals surface area contributed by atoms with E-state index in [1.54, 1.807) is 0 Å². The lowest BCUT2D eigenvalue weighted by Gasteiger charge is -2.41. The summed E-state index contributed by atoms with van der Waals surface area (Å²) >= 11 is 0. The van der Waals surface area contributed by atoms with Gasteiger partial charge < -0.3 is 10.2 Å². The molecule has 18 heavy (non-hydrogen) atoms. The average molecular weight is 255 g/mol. The van der Waals surface area contributed by atoms with Gasteiger partial charge in [-0.05, 0) is 32.9 Å². The van der Waals surface area contributed by atoms with Crippen molar-refractivity contribution in [2.75, 3.05) is 39.8 Å². The summed E-state index contributed by atoms with van der Waals surface area (Å²) in [6.45, 7) is 13.0. The van der Waals surface area contributed by atoms with E-state index in [1.807, 2.05) is 0 Å². The van der Waals surface area contributed by atoms with Gasteiger partial charge in [-0.25, -0.2) is 0 Å². The Labute approximate surface area is 114 Å². The molecule has 0 aromatic heterocycles. The van der Waals surface area contributed by atoms with Gasteiger partial charge in [0.25, 0.3) is 0 Å². The zero-order chi connectivity index (χ0) is 13.4. The van der Waals surface area contributed by atoms with E-state index in [9.17, 15) is 0 Å².